The number of amides is 3. The van der Waals surface area contributed by atoms with E-state index < -0.39 is 0 Å². The standard InChI is InChI=1S/C19H25Cl2N3O2/c20-15-6-7-16(21)17(13-15)22-19(26)24-9-3-8-23(10-11-24)18(25)12-14-4-1-2-5-14/h6-7,13-14H,1-5,8-12H2,(H,22,26). The second-order valence-corrected chi connectivity index (χ2v) is 7.97. The third kappa shape index (κ3) is 5.04. The van der Waals surface area contributed by atoms with Crippen LogP contribution in [0, 0.1) is 5.92 Å². The van der Waals surface area contributed by atoms with Crippen molar-refractivity contribution in [1.82, 2.24) is 9.80 Å². The predicted octanol–water partition coefficient (Wildman–Crippen LogP) is 4.64. The zero-order chi connectivity index (χ0) is 18.5. The summed E-state index contributed by atoms with van der Waals surface area (Å²) in [7, 11) is 0. The summed E-state index contributed by atoms with van der Waals surface area (Å²) in [6.07, 6.45) is 6.29. The summed E-state index contributed by atoms with van der Waals surface area (Å²) < 4.78 is 0. The summed E-state index contributed by atoms with van der Waals surface area (Å²) >= 11 is 12.1. The molecule has 1 saturated heterocycles. The third-order valence-electron chi connectivity index (χ3n) is 5.24. The highest BCUT2D eigenvalue weighted by atomic mass is 35.5. The highest BCUT2D eigenvalue weighted by Crippen LogP contribution is 2.28. The number of urea groups is 1. The number of carbonyl (C=O) groups excluding carboxylic acids is 2. The molecule has 1 aliphatic heterocycles. The number of halogens is 2. The molecular weight excluding hydrogens is 373 g/mol. The molecule has 0 radical (unpaired) electrons. The Morgan fingerprint density at radius 3 is 2.46 bits per heavy atom. The van der Waals surface area contributed by atoms with E-state index in [-0.39, 0.29) is 11.9 Å². The van der Waals surface area contributed by atoms with Crippen LogP contribution in [0.2, 0.25) is 10.0 Å². The number of nitrogens with zero attached hydrogens (tertiary/aromatic N) is 2. The maximum Gasteiger partial charge on any atom is 0.321 e. The highest BCUT2D eigenvalue weighted by molar-refractivity contribution is 6.35. The van der Waals surface area contributed by atoms with Gasteiger partial charge in [-0.1, -0.05) is 36.0 Å². The number of anilines is 1. The molecule has 1 saturated carbocycles. The topological polar surface area (TPSA) is 52.7 Å². The molecule has 0 aromatic heterocycles. The molecule has 1 heterocycles. The molecule has 3 rings (SSSR count). The Balaban J connectivity index is 1.53. The van der Waals surface area contributed by atoms with Crippen LogP contribution >= 0.6 is 23.2 Å². The van der Waals surface area contributed by atoms with Gasteiger partial charge in [-0.25, -0.2) is 4.79 Å². The van der Waals surface area contributed by atoms with Gasteiger partial charge in [0, 0.05) is 37.6 Å². The lowest BCUT2D eigenvalue weighted by molar-refractivity contribution is -0.132. The van der Waals surface area contributed by atoms with E-state index in [0.717, 1.165) is 6.42 Å². The predicted molar refractivity (Wildman–Crippen MR) is 105 cm³/mol. The molecule has 5 nitrogen and oxygen atoms in total. The normalized spacial score (nSPS) is 18.7. The zero-order valence-electron chi connectivity index (χ0n) is 14.8. The first-order valence-corrected chi connectivity index (χ1v) is 10.1. The smallest absolute Gasteiger partial charge is 0.321 e. The zero-order valence-corrected chi connectivity index (χ0v) is 16.4. The van der Waals surface area contributed by atoms with E-state index in [1.165, 1.54) is 25.7 Å². The number of rotatable bonds is 3. The van der Waals surface area contributed by atoms with Crippen LogP contribution in [0.5, 0.6) is 0 Å². The van der Waals surface area contributed by atoms with Crippen molar-refractivity contribution in [3.8, 4) is 0 Å². The second kappa shape index (κ2) is 8.96. The summed E-state index contributed by atoms with van der Waals surface area (Å²) in [6.45, 7) is 2.45. The third-order valence-corrected chi connectivity index (χ3v) is 5.81. The van der Waals surface area contributed by atoms with E-state index in [9.17, 15) is 9.59 Å². The average molecular weight is 398 g/mol. The maximum absolute atomic E-state index is 12.5. The fourth-order valence-electron chi connectivity index (χ4n) is 3.75. The molecular formula is C19H25Cl2N3O2. The summed E-state index contributed by atoms with van der Waals surface area (Å²) in [5.41, 5.74) is 0.502. The molecule has 1 N–H and O–H groups in total. The molecule has 142 valence electrons. The van der Waals surface area contributed by atoms with Crippen molar-refractivity contribution in [1.29, 1.82) is 0 Å². The van der Waals surface area contributed by atoms with Crippen LogP contribution in [0.4, 0.5) is 10.5 Å². The Morgan fingerprint density at radius 1 is 1.00 bits per heavy atom. The fraction of sp³-hybridized carbons (Fsp3) is 0.579. The molecule has 2 aliphatic rings. The van der Waals surface area contributed by atoms with Crippen LogP contribution in [-0.4, -0.2) is 47.9 Å². The van der Waals surface area contributed by atoms with Crippen LogP contribution in [0.15, 0.2) is 18.2 Å². The monoisotopic (exact) mass is 397 g/mol. The fourth-order valence-corrected chi connectivity index (χ4v) is 4.08. The van der Waals surface area contributed by atoms with Gasteiger partial charge in [0.15, 0.2) is 0 Å². The van der Waals surface area contributed by atoms with Gasteiger partial charge in [0.05, 0.1) is 10.7 Å². The van der Waals surface area contributed by atoms with E-state index in [4.69, 9.17) is 23.2 Å². The van der Waals surface area contributed by atoms with Gasteiger partial charge in [-0.3, -0.25) is 4.79 Å². The van der Waals surface area contributed by atoms with Crippen molar-refractivity contribution in [3.63, 3.8) is 0 Å². The first-order chi connectivity index (χ1) is 12.5. The van der Waals surface area contributed by atoms with E-state index in [0.29, 0.717) is 54.3 Å². The first kappa shape index (κ1) is 19.3. The van der Waals surface area contributed by atoms with Crippen LogP contribution in [0.1, 0.15) is 38.5 Å². The van der Waals surface area contributed by atoms with Crippen LogP contribution in [0.3, 0.4) is 0 Å². The van der Waals surface area contributed by atoms with Gasteiger partial charge in [-0.2, -0.15) is 0 Å². The molecule has 3 amide bonds. The van der Waals surface area contributed by atoms with Crippen LogP contribution < -0.4 is 5.32 Å². The van der Waals surface area contributed by atoms with Gasteiger partial charge in [0.25, 0.3) is 0 Å². The van der Waals surface area contributed by atoms with Gasteiger partial charge in [0.1, 0.15) is 0 Å². The molecule has 0 bridgehead atoms. The van der Waals surface area contributed by atoms with Crippen LogP contribution in [0.25, 0.3) is 0 Å². The number of benzene rings is 1. The Morgan fingerprint density at radius 2 is 1.69 bits per heavy atom. The van der Waals surface area contributed by atoms with Crippen molar-refractivity contribution in [2.24, 2.45) is 5.92 Å². The molecule has 7 heteroatoms. The number of hydrogen-bond acceptors (Lipinski definition) is 2. The maximum atomic E-state index is 12.5. The van der Waals surface area contributed by atoms with Crippen molar-refractivity contribution in [2.75, 3.05) is 31.5 Å². The lowest BCUT2D eigenvalue weighted by Gasteiger charge is -2.23. The van der Waals surface area contributed by atoms with E-state index in [2.05, 4.69) is 5.32 Å². The van der Waals surface area contributed by atoms with Gasteiger partial charge in [0.2, 0.25) is 5.91 Å². The summed E-state index contributed by atoms with van der Waals surface area (Å²) in [4.78, 5) is 28.7. The van der Waals surface area contributed by atoms with E-state index in [1.807, 2.05) is 4.90 Å². The molecule has 0 spiro atoms. The van der Waals surface area contributed by atoms with Crippen molar-refractivity contribution >= 4 is 40.8 Å². The molecule has 1 aromatic carbocycles. The molecule has 1 aromatic rings. The van der Waals surface area contributed by atoms with Gasteiger partial charge >= 0.3 is 6.03 Å². The van der Waals surface area contributed by atoms with Crippen molar-refractivity contribution in [2.45, 2.75) is 38.5 Å². The van der Waals surface area contributed by atoms with E-state index >= 15 is 0 Å². The SMILES string of the molecule is O=C(CC1CCCC1)N1CCCN(C(=O)Nc2cc(Cl)ccc2Cl)CC1. The number of hydrogen-bond donors (Lipinski definition) is 1. The minimum atomic E-state index is -0.209. The Bertz CT molecular complexity index is 662. The van der Waals surface area contributed by atoms with Gasteiger partial charge < -0.3 is 15.1 Å². The summed E-state index contributed by atoms with van der Waals surface area (Å²) in [5.74, 6) is 0.784. The molecule has 0 unspecified atom stereocenters. The minimum Gasteiger partial charge on any atom is -0.341 e. The second-order valence-electron chi connectivity index (χ2n) is 7.13. The molecule has 0 atom stereocenters. The Kier molecular flexibility index (Phi) is 6.65. The van der Waals surface area contributed by atoms with Gasteiger partial charge in [-0.05, 0) is 43.4 Å². The van der Waals surface area contributed by atoms with Crippen LogP contribution in [-0.2, 0) is 4.79 Å². The molecule has 1 aliphatic carbocycles. The number of nitrogens with one attached hydrogen (secondary N) is 1. The summed E-state index contributed by atoms with van der Waals surface area (Å²) in [5, 5.41) is 3.79. The average Bonchev–Trinajstić information content (AvgIpc) is 2.99. The molecule has 2 fully saturated rings. The largest absolute Gasteiger partial charge is 0.341 e. The lowest BCUT2D eigenvalue weighted by Crippen LogP contribution is -2.39. The molecule has 26 heavy (non-hydrogen) atoms. The number of carbonyl (C=O) groups is 2. The Hall–Kier alpha value is -1.46. The van der Waals surface area contributed by atoms with Gasteiger partial charge in [-0.15, -0.1) is 0 Å². The first-order valence-electron chi connectivity index (χ1n) is 9.31. The quantitative estimate of drug-likeness (QED) is 0.807. The van der Waals surface area contributed by atoms with Crippen molar-refractivity contribution in [3.05, 3.63) is 28.2 Å². The minimum absolute atomic E-state index is 0.209. The highest BCUT2D eigenvalue weighted by Gasteiger charge is 2.25. The lowest BCUT2D eigenvalue weighted by atomic mass is 10.0. The van der Waals surface area contributed by atoms with E-state index in [1.54, 1.807) is 23.1 Å². The van der Waals surface area contributed by atoms with Crippen molar-refractivity contribution < 1.29 is 9.59 Å². The summed E-state index contributed by atoms with van der Waals surface area (Å²) in [6, 6.07) is 4.76. The Labute approximate surface area is 164 Å².